The summed E-state index contributed by atoms with van der Waals surface area (Å²) in [6.07, 6.45) is 9.57. The first-order chi connectivity index (χ1) is 20.7. The van der Waals surface area contributed by atoms with Crippen LogP contribution in [-0.4, -0.2) is 75.2 Å². The second-order valence-corrected chi connectivity index (χ2v) is 12.1. The number of nitrogens with zero attached hydrogens (tertiary/aromatic N) is 5. The monoisotopic (exact) mass is 593 g/mol. The Morgan fingerprint density at radius 2 is 2.02 bits per heavy atom. The number of nitrogens with one attached hydrogen (secondary N) is 2. The van der Waals surface area contributed by atoms with E-state index in [1.165, 1.54) is 24.2 Å². The highest BCUT2D eigenvalue weighted by Crippen LogP contribution is 2.22. The Labute approximate surface area is 253 Å². The van der Waals surface area contributed by atoms with Gasteiger partial charge in [0.25, 0.3) is 0 Å². The Kier molecular flexibility index (Phi) is 11.6. The van der Waals surface area contributed by atoms with Gasteiger partial charge in [0.05, 0.1) is 24.0 Å². The molecule has 0 aliphatic carbocycles. The molecule has 10 nitrogen and oxygen atoms in total. The molecule has 0 spiro atoms. The third-order valence-corrected chi connectivity index (χ3v) is 7.57. The van der Waals surface area contributed by atoms with Gasteiger partial charge < -0.3 is 20.5 Å². The van der Waals surface area contributed by atoms with Gasteiger partial charge in [0.1, 0.15) is 36.1 Å². The number of unbranched alkanes of at least 4 members (excludes halogenated alkanes) is 1. The first-order valence-corrected chi connectivity index (χ1v) is 15.1. The number of hydrogen-bond acceptors (Lipinski definition) is 9. The van der Waals surface area contributed by atoms with Gasteiger partial charge in [-0.15, -0.1) is 0 Å². The number of anilines is 2. The fourth-order valence-corrected chi connectivity index (χ4v) is 4.99. The maximum Gasteiger partial charge on any atom is 0.308 e. The molecule has 0 saturated heterocycles. The van der Waals surface area contributed by atoms with Crippen LogP contribution in [0.2, 0.25) is 0 Å². The molecule has 3 aromatic rings. The maximum absolute atomic E-state index is 13.5. The van der Waals surface area contributed by atoms with Crippen LogP contribution in [0.5, 0.6) is 5.75 Å². The Hall–Kier alpha value is -3.86. The van der Waals surface area contributed by atoms with Crippen molar-refractivity contribution in [1.29, 1.82) is 0 Å². The molecule has 232 valence electrons. The molecule has 0 amide bonds. The Bertz CT molecular complexity index is 1330. The van der Waals surface area contributed by atoms with E-state index < -0.39 is 17.7 Å². The second kappa shape index (κ2) is 15.6. The largest absolute Gasteiger partial charge is 0.491 e. The molecule has 0 radical (unpaired) electrons. The van der Waals surface area contributed by atoms with E-state index in [4.69, 9.17) is 9.72 Å². The Balaban J connectivity index is 1.30. The summed E-state index contributed by atoms with van der Waals surface area (Å²) in [7, 11) is 0. The zero-order chi connectivity index (χ0) is 30.7. The highest BCUT2D eigenvalue weighted by atomic mass is 19.1. The molecule has 1 atom stereocenters. The van der Waals surface area contributed by atoms with Crippen molar-refractivity contribution in [3.05, 3.63) is 65.8 Å². The van der Waals surface area contributed by atoms with E-state index >= 15 is 0 Å². The lowest BCUT2D eigenvalue weighted by Crippen LogP contribution is -2.34. The van der Waals surface area contributed by atoms with Gasteiger partial charge in [-0.2, -0.15) is 0 Å². The van der Waals surface area contributed by atoms with E-state index in [0.29, 0.717) is 37.7 Å². The van der Waals surface area contributed by atoms with Gasteiger partial charge in [0.15, 0.2) is 0 Å². The van der Waals surface area contributed by atoms with Gasteiger partial charge in [-0.3, -0.25) is 14.7 Å². The van der Waals surface area contributed by atoms with Crippen LogP contribution < -0.4 is 15.4 Å². The van der Waals surface area contributed by atoms with Crippen LogP contribution in [0.15, 0.2) is 43.0 Å². The zero-order valence-electron chi connectivity index (χ0n) is 25.5. The number of carbonyl (C=O) groups is 1. The van der Waals surface area contributed by atoms with Crippen molar-refractivity contribution in [3.63, 3.8) is 0 Å². The van der Waals surface area contributed by atoms with E-state index in [1.54, 1.807) is 0 Å². The summed E-state index contributed by atoms with van der Waals surface area (Å²) in [6, 6.07) is 7.48. The first-order valence-electron chi connectivity index (χ1n) is 15.1. The van der Waals surface area contributed by atoms with E-state index in [9.17, 15) is 14.3 Å². The number of rotatable bonds is 16. The first kappa shape index (κ1) is 32.1. The van der Waals surface area contributed by atoms with Crippen LogP contribution in [0, 0.1) is 11.7 Å². The number of carboxylic acids is 1. The minimum Gasteiger partial charge on any atom is -0.491 e. The summed E-state index contributed by atoms with van der Waals surface area (Å²) in [5.41, 5.74) is 3.12. The van der Waals surface area contributed by atoms with Crippen LogP contribution in [0.1, 0.15) is 63.4 Å². The molecule has 11 heteroatoms. The highest BCUT2D eigenvalue weighted by Gasteiger charge is 2.21. The standard InChI is InChI=1S/C32H44FN7O3/c1-32(2,3)28-18-29(38-22-37-28)36-19-24(31(41)42)11-14-40(15-16-43-27-17-25(33)20-34-21-27)13-5-4-8-26-10-9-23-7-6-12-35-30(23)39-26/h9-10,17-18,20-22,24H,4-8,11-16,19H2,1-3H3,(H,35,39)(H,41,42)(H,36,37,38)/t24-/m1/s1. The lowest BCUT2D eigenvalue weighted by molar-refractivity contribution is -0.141. The molecule has 0 unspecified atom stereocenters. The van der Waals surface area contributed by atoms with Gasteiger partial charge in [0, 0.05) is 42.9 Å². The van der Waals surface area contributed by atoms with E-state index in [2.05, 4.69) is 63.4 Å². The number of pyridine rings is 2. The van der Waals surface area contributed by atoms with Crippen molar-refractivity contribution in [2.45, 2.75) is 64.7 Å². The molecule has 0 bridgehead atoms. The molecule has 0 fully saturated rings. The van der Waals surface area contributed by atoms with Crippen molar-refractivity contribution in [2.24, 2.45) is 5.92 Å². The van der Waals surface area contributed by atoms with Crippen LogP contribution in [0.25, 0.3) is 0 Å². The molecule has 0 aromatic carbocycles. The fourth-order valence-electron chi connectivity index (χ4n) is 4.99. The molecule has 1 aliphatic heterocycles. The Morgan fingerprint density at radius 3 is 2.81 bits per heavy atom. The van der Waals surface area contributed by atoms with E-state index in [0.717, 1.165) is 68.6 Å². The summed E-state index contributed by atoms with van der Waals surface area (Å²) >= 11 is 0. The summed E-state index contributed by atoms with van der Waals surface area (Å²) < 4.78 is 19.3. The van der Waals surface area contributed by atoms with Crippen LogP contribution >= 0.6 is 0 Å². The topological polar surface area (TPSA) is 125 Å². The predicted molar refractivity (Wildman–Crippen MR) is 165 cm³/mol. The van der Waals surface area contributed by atoms with Gasteiger partial charge in [0.2, 0.25) is 0 Å². The van der Waals surface area contributed by atoms with Gasteiger partial charge >= 0.3 is 5.97 Å². The average Bonchev–Trinajstić information content (AvgIpc) is 2.98. The molecule has 1 aliphatic rings. The minimum absolute atomic E-state index is 0.136. The molecular weight excluding hydrogens is 549 g/mol. The smallest absolute Gasteiger partial charge is 0.308 e. The molecule has 0 saturated carbocycles. The molecule has 43 heavy (non-hydrogen) atoms. The SMILES string of the molecule is CC(C)(C)c1cc(NC[C@@H](CCN(CCCCc2ccc3c(n2)NCCC3)CCOc2cncc(F)c2)C(=O)O)ncn1. The molecule has 4 heterocycles. The highest BCUT2D eigenvalue weighted by molar-refractivity contribution is 5.70. The summed E-state index contributed by atoms with van der Waals surface area (Å²) in [6.45, 7) is 9.74. The summed E-state index contributed by atoms with van der Waals surface area (Å²) in [5.74, 6) is 0.0998. The second-order valence-electron chi connectivity index (χ2n) is 12.1. The third kappa shape index (κ3) is 10.4. The van der Waals surface area contributed by atoms with Gasteiger partial charge in [-0.1, -0.05) is 26.8 Å². The van der Waals surface area contributed by atoms with E-state index in [-0.39, 0.29) is 12.0 Å². The number of aromatic nitrogens is 4. The molecule has 3 N–H and O–H groups in total. The third-order valence-electron chi connectivity index (χ3n) is 7.57. The number of hydrogen-bond donors (Lipinski definition) is 3. The van der Waals surface area contributed by atoms with Crippen molar-refractivity contribution in [3.8, 4) is 5.75 Å². The lowest BCUT2D eigenvalue weighted by atomic mass is 9.92. The Morgan fingerprint density at radius 1 is 1.16 bits per heavy atom. The average molecular weight is 594 g/mol. The maximum atomic E-state index is 13.5. The van der Waals surface area contributed by atoms with Crippen LogP contribution in [-0.2, 0) is 23.1 Å². The fraction of sp³-hybridized carbons (Fsp3) is 0.531. The normalized spacial score (nSPS) is 13.7. The minimum atomic E-state index is -0.855. The number of carboxylic acid groups (broad SMARTS) is 1. The molecule has 4 rings (SSSR count). The number of ether oxygens (including phenoxy) is 1. The van der Waals surface area contributed by atoms with Gasteiger partial charge in [-0.05, 0) is 63.2 Å². The van der Waals surface area contributed by atoms with Crippen molar-refractivity contribution >= 4 is 17.6 Å². The number of aryl methyl sites for hydroxylation is 2. The van der Waals surface area contributed by atoms with Gasteiger partial charge in [-0.25, -0.2) is 19.3 Å². The quantitative estimate of drug-likeness (QED) is 0.196. The lowest BCUT2D eigenvalue weighted by Gasteiger charge is -2.24. The van der Waals surface area contributed by atoms with Crippen molar-refractivity contribution in [1.82, 2.24) is 24.8 Å². The van der Waals surface area contributed by atoms with Crippen LogP contribution in [0.4, 0.5) is 16.0 Å². The molecule has 3 aromatic heterocycles. The number of halogens is 1. The summed E-state index contributed by atoms with van der Waals surface area (Å²) in [4.78, 5) is 31.6. The molecular formula is C32H44FN7O3. The van der Waals surface area contributed by atoms with Crippen molar-refractivity contribution in [2.75, 3.05) is 50.0 Å². The predicted octanol–water partition coefficient (Wildman–Crippen LogP) is 4.97. The summed E-state index contributed by atoms with van der Waals surface area (Å²) in [5, 5.41) is 16.5. The number of fused-ring (bicyclic) bond motifs is 1. The zero-order valence-corrected chi connectivity index (χ0v) is 25.5. The number of aliphatic carboxylic acids is 1. The van der Waals surface area contributed by atoms with E-state index in [1.807, 2.05) is 6.07 Å². The van der Waals surface area contributed by atoms with Crippen LogP contribution in [0.3, 0.4) is 0 Å². The van der Waals surface area contributed by atoms with Crippen molar-refractivity contribution < 1.29 is 19.0 Å².